The molecule has 2 aliphatic heterocycles. The molecule has 2 aliphatic rings. The SMILES string of the molecule is I.NC(=NCc1ccnc(OC2CCOCC2)c1)N1CCOCC1. The Balaban J connectivity index is 0.00000208. The third-order valence-electron chi connectivity index (χ3n) is 4.01. The molecule has 0 amide bonds. The normalized spacial score (nSPS) is 19.7. The molecule has 0 spiro atoms. The lowest BCUT2D eigenvalue weighted by atomic mass is 10.1. The average molecular weight is 448 g/mol. The highest BCUT2D eigenvalue weighted by Crippen LogP contribution is 2.17. The molecule has 1 aromatic rings. The van der Waals surface area contributed by atoms with Crippen LogP contribution in [-0.2, 0) is 16.0 Å². The smallest absolute Gasteiger partial charge is 0.213 e. The Kier molecular flexibility index (Phi) is 8.00. The van der Waals surface area contributed by atoms with Gasteiger partial charge in [0.25, 0.3) is 0 Å². The second-order valence-electron chi connectivity index (χ2n) is 5.71. The van der Waals surface area contributed by atoms with Gasteiger partial charge in [0.05, 0.1) is 33.0 Å². The van der Waals surface area contributed by atoms with E-state index in [2.05, 4.69) is 9.98 Å². The van der Waals surface area contributed by atoms with Gasteiger partial charge in [0.15, 0.2) is 5.96 Å². The van der Waals surface area contributed by atoms with Gasteiger partial charge in [-0.05, 0) is 11.6 Å². The van der Waals surface area contributed by atoms with Crippen LogP contribution in [0.5, 0.6) is 5.88 Å². The summed E-state index contributed by atoms with van der Waals surface area (Å²) in [6.45, 7) is 5.03. The van der Waals surface area contributed by atoms with Crippen LogP contribution in [0.2, 0.25) is 0 Å². The Morgan fingerprint density at radius 1 is 1.25 bits per heavy atom. The quantitative estimate of drug-likeness (QED) is 0.426. The topological polar surface area (TPSA) is 82.2 Å². The average Bonchev–Trinajstić information content (AvgIpc) is 2.62. The molecule has 2 fully saturated rings. The van der Waals surface area contributed by atoms with Gasteiger partial charge in [-0.3, -0.25) is 0 Å². The number of ether oxygens (including phenoxy) is 3. The first-order valence-electron chi connectivity index (χ1n) is 8.13. The van der Waals surface area contributed by atoms with E-state index < -0.39 is 0 Å². The number of halogens is 1. The van der Waals surface area contributed by atoms with Crippen molar-refractivity contribution in [2.45, 2.75) is 25.5 Å². The fraction of sp³-hybridized carbons (Fsp3) is 0.625. The van der Waals surface area contributed by atoms with E-state index in [1.165, 1.54) is 0 Å². The van der Waals surface area contributed by atoms with Gasteiger partial charge in [-0.1, -0.05) is 0 Å². The molecule has 134 valence electrons. The van der Waals surface area contributed by atoms with E-state index in [0.717, 1.165) is 44.7 Å². The zero-order valence-corrected chi connectivity index (χ0v) is 16.1. The third kappa shape index (κ3) is 5.75. The first kappa shape index (κ1) is 19.2. The fourth-order valence-electron chi connectivity index (χ4n) is 2.64. The van der Waals surface area contributed by atoms with Gasteiger partial charge >= 0.3 is 0 Å². The summed E-state index contributed by atoms with van der Waals surface area (Å²) < 4.78 is 16.6. The van der Waals surface area contributed by atoms with Crippen LogP contribution in [0, 0.1) is 0 Å². The number of hydrogen-bond acceptors (Lipinski definition) is 5. The number of hydrogen-bond donors (Lipinski definition) is 1. The molecular weight excluding hydrogens is 423 g/mol. The predicted molar refractivity (Wildman–Crippen MR) is 102 cm³/mol. The van der Waals surface area contributed by atoms with Gasteiger partial charge in [0, 0.05) is 38.2 Å². The number of rotatable bonds is 4. The Labute approximate surface area is 159 Å². The van der Waals surface area contributed by atoms with Gasteiger partial charge < -0.3 is 24.8 Å². The Morgan fingerprint density at radius 2 is 1.96 bits per heavy atom. The zero-order valence-electron chi connectivity index (χ0n) is 13.7. The third-order valence-corrected chi connectivity index (χ3v) is 4.01. The van der Waals surface area contributed by atoms with E-state index in [1.54, 1.807) is 6.20 Å². The Bertz CT molecular complexity index is 532. The van der Waals surface area contributed by atoms with Gasteiger partial charge in [-0.25, -0.2) is 9.98 Å². The van der Waals surface area contributed by atoms with Crippen molar-refractivity contribution in [2.75, 3.05) is 39.5 Å². The lowest BCUT2D eigenvalue weighted by Crippen LogP contribution is -2.44. The van der Waals surface area contributed by atoms with Crippen LogP contribution in [0.15, 0.2) is 23.3 Å². The fourth-order valence-corrected chi connectivity index (χ4v) is 2.64. The summed E-state index contributed by atoms with van der Waals surface area (Å²) in [5, 5.41) is 0. The van der Waals surface area contributed by atoms with E-state index in [-0.39, 0.29) is 30.1 Å². The molecule has 8 heteroatoms. The largest absolute Gasteiger partial charge is 0.474 e. The molecule has 3 heterocycles. The molecule has 0 atom stereocenters. The summed E-state index contributed by atoms with van der Waals surface area (Å²) in [4.78, 5) is 10.8. The number of guanidine groups is 1. The maximum Gasteiger partial charge on any atom is 0.213 e. The van der Waals surface area contributed by atoms with Gasteiger partial charge in [0.1, 0.15) is 6.10 Å². The molecule has 0 aliphatic carbocycles. The van der Waals surface area contributed by atoms with E-state index in [0.29, 0.717) is 31.6 Å². The summed E-state index contributed by atoms with van der Waals surface area (Å²) in [5.41, 5.74) is 7.08. The van der Waals surface area contributed by atoms with Crippen LogP contribution in [0.3, 0.4) is 0 Å². The number of aliphatic imine (C=N–C) groups is 1. The van der Waals surface area contributed by atoms with Crippen LogP contribution in [-0.4, -0.2) is 61.5 Å². The Morgan fingerprint density at radius 3 is 2.71 bits per heavy atom. The van der Waals surface area contributed by atoms with Crippen molar-refractivity contribution < 1.29 is 14.2 Å². The van der Waals surface area contributed by atoms with Crippen LogP contribution >= 0.6 is 24.0 Å². The number of aromatic nitrogens is 1. The first-order valence-corrected chi connectivity index (χ1v) is 8.13. The minimum atomic E-state index is 0. The van der Waals surface area contributed by atoms with Gasteiger partial charge in [-0.15, -0.1) is 24.0 Å². The molecule has 0 bridgehead atoms. The van der Waals surface area contributed by atoms with E-state index in [9.17, 15) is 0 Å². The molecule has 2 N–H and O–H groups in total. The molecule has 24 heavy (non-hydrogen) atoms. The second-order valence-corrected chi connectivity index (χ2v) is 5.71. The monoisotopic (exact) mass is 448 g/mol. The van der Waals surface area contributed by atoms with Crippen molar-refractivity contribution in [2.24, 2.45) is 10.7 Å². The molecule has 2 saturated heterocycles. The predicted octanol–water partition coefficient (Wildman–Crippen LogP) is 1.40. The number of morpholine rings is 1. The molecule has 7 nitrogen and oxygen atoms in total. The van der Waals surface area contributed by atoms with Crippen molar-refractivity contribution >= 4 is 29.9 Å². The lowest BCUT2D eigenvalue weighted by molar-refractivity contribution is 0.0237. The summed E-state index contributed by atoms with van der Waals surface area (Å²) in [6, 6.07) is 3.87. The number of pyridine rings is 1. The summed E-state index contributed by atoms with van der Waals surface area (Å²) >= 11 is 0. The second kappa shape index (κ2) is 10.00. The standard InChI is InChI=1S/C16H24N4O3.HI/c17-16(20-5-9-22-10-6-20)19-12-13-1-4-18-15(11-13)23-14-2-7-21-8-3-14;/h1,4,11,14H,2-3,5-10,12H2,(H2,17,19);1H. The van der Waals surface area contributed by atoms with E-state index in [4.69, 9.17) is 19.9 Å². The highest BCUT2D eigenvalue weighted by Gasteiger charge is 2.16. The van der Waals surface area contributed by atoms with E-state index in [1.807, 2.05) is 17.0 Å². The summed E-state index contributed by atoms with van der Waals surface area (Å²) in [7, 11) is 0. The molecule has 0 saturated carbocycles. The van der Waals surface area contributed by atoms with Crippen LogP contribution in [0.25, 0.3) is 0 Å². The van der Waals surface area contributed by atoms with Crippen molar-refractivity contribution in [1.82, 2.24) is 9.88 Å². The summed E-state index contributed by atoms with van der Waals surface area (Å²) in [5.74, 6) is 1.21. The van der Waals surface area contributed by atoms with Crippen molar-refractivity contribution in [3.05, 3.63) is 23.9 Å². The van der Waals surface area contributed by atoms with Crippen molar-refractivity contribution in [3.63, 3.8) is 0 Å². The molecule has 3 rings (SSSR count). The molecular formula is C16H25IN4O3. The summed E-state index contributed by atoms with van der Waals surface area (Å²) in [6.07, 6.45) is 3.76. The first-order chi connectivity index (χ1) is 11.3. The van der Waals surface area contributed by atoms with Crippen molar-refractivity contribution in [1.29, 1.82) is 0 Å². The number of nitrogens with zero attached hydrogens (tertiary/aromatic N) is 3. The molecule has 1 aromatic heterocycles. The highest BCUT2D eigenvalue weighted by molar-refractivity contribution is 14.0. The molecule has 0 radical (unpaired) electrons. The van der Waals surface area contributed by atoms with Crippen LogP contribution in [0.1, 0.15) is 18.4 Å². The highest BCUT2D eigenvalue weighted by atomic mass is 127. The van der Waals surface area contributed by atoms with E-state index >= 15 is 0 Å². The van der Waals surface area contributed by atoms with Gasteiger partial charge in [0.2, 0.25) is 5.88 Å². The zero-order chi connectivity index (χ0) is 15.9. The minimum Gasteiger partial charge on any atom is -0.474 e. The van der Waals surface area contributed by atoms with Gasteiger partial charge in [-0.2, -0.15) is 0 Å². The maximum absolute atomic E-state index is 6.04. The minimum absolute atomic E-state index is 0. The van der Waals surface area contributed by atoms with Crippen LogP contribution < -0.4 is 10.5 Å². The molecule has 0 aromatic carbocycles. The van der Waals surface area contributed by atoms with Crippen LogP contribution in [0.4, 0.5) is 0 Å². The number of nitrogens with two attached hydrogens (primary N) is 1. The van der Waals surface area contributed by atoms with Crippen molar-refractivity contribution in [3.8, 4) is 5.88 Å². The lowest BCUT2D eigenvalue weighted by Gasteiger charge is -2.27. The molecule has 0 unspecified atom stereocenters. The maximum atomic E-state index is 6.04. The Hall–Kier alpha value is -1.13.